The molecule has 0 aromatic heterocycles. The largest absolute Gasteiger partial charge is 0.341 e. The molecule has 3 amide bonds. The van der Waals surface area contributed by atoms with Gasteiger partial charge in [0.05, 0.1) is 0 Å². The third kappa shape index (κ3) is 5.15. The first kappa shape index (κ1) is 18.2. The number of carbonyl (C=O) groups excluding carboxylic acids is 2. The van der Waals surface area contributed by atoms with Crippen LogP contribution in [0.25, 0.3) is 0 Å². The Kier molecular flexibility index (Phi) is 7.05. The van der Waals surface area contributed by atoms with Gasteiger partial charge in [0.2, 0.25) is 0 Å². The van der Waals surface area contributed by atoms with Crippen molar-refractivity contribution in [3.63, 3.8) is 0 Å². The lowest BCUT2D eigenvalue weighted by atomic mass is 9.94. The third-order valence-electron chi connectivity index (χ3n) is 3.86. The first-order valence-electron chi connectivity index (χ1n) is 7.85. The van der Waals surface area contributed by atoms with Gasteiger partial charge in [0.15, 0.2) is 6.04 Å². The van der Waals surface area contributed by atoms with Crippen molar-refractivity contribution < 1.29 is 14.9 Å². The van der Waals surface area contributed by atoms with E-state index in [2.05, 4.69) is 55.7 Å². The monoisotopic (exact) mass is 306 g/mol. The fraction of sp³-hybridized carbons (Fsp3) is 0.529. The van der Waals surface area contributed by atoms with E-state index in [-0.39, 0.29) is 18.0 Å². The van der Waals surface area contributed by atoms with Crippen molar-refractivity contribution in [1.82, 2.24) is 10.6 Å². The van der Waals surface area contributed by atoms with E-state index in [0.717, 1.165) is 6.42 Å². The Bertz CT molecular complexity index is 497. The number of nitrogens with two attached hydrogens (primary N) is 1. The minimum Gasteiger partial charge on any atom is -0.341 e. The highest BCUT2D eigenvalue weighted by Crippen LogP contribution is 2.18. The Hall–Kier alpha value is -1.88. The molecule has 122 valence electrons. The summed E-state index contributed by atoms with van der Waals surface area (Å²) in [6.07, 6.45) is 1.02. The number of hydrogen-bond acceptors (Lipinski definition) is 2. The van der Waals surface area contributed by atoms with Crippen LogP contribution in [0.5, 0.6) is 0 Å². The number of aryl methyl sites for hydroxylation is 1. The highest BCUT2D eigenvalue weighted by Gasteiger charge is 2.26. The lowest BCUT2D eigenvalue weighted by Crippen LogP contribution is -2.93. The van der Waals surface area contributed by atoms with E-state index in [9.17, 15) is 9.59 Å². The summed E-state index contributed by atoms with van der Waals surface area (Å²) < 4.78 is 0. The minimum absolute atomic E-state index is 0.177. The van der Waals surface area contributed by atoms with E-state index in [0.29, 0.717) is 5.92 Å². The van der Waals surface area contributed by atoms with E-state index in [1.54, 1.807) is 0 Å². The number of carbonyl (C=O) groups is 2. The molecule has 4 N–H and O–H groups in total. The number of quaternary nitrogens is 1. The summed E-state index contributed by atoms with van der Waals surface area (Å²) in [5, 5.41) is 6.73. The van der Waals surface area contributed by atoms with Crippen molar-refractivity contribution in [3.8, 4) is 0 Å². The van der Waals surface area contributed by atoms with Crippen molar-refractivity contribution in [1.29, 1.82) is 0 Å². The van der Waals surface area contributed by atoms with Gasteiger partial charge in [0.1, 0.15) is 6.04 Å². The summed E-state index contributed by atoms with van der Waals surface area (Å²) >= 11 is 0. The van der Waals surface area contributed by atoms with Gasteiger partial charge >= 0.3 is 6.03 Å². The molecule has 0 radical (unpaired) electrons. The van der Waals surface area contributed by atoms with Gasteiger partial charge in [-0.3, -0.25) is 10.1 Å². The number of benzene rings is 1. The molecule has 0 fully saturated rings. The zero-order chi connectivity index (χ0) is 16.7. The zero-order valence-corrected chi connectivity index (χ0v) is 14.1. The smallest absolute Gasteiger partial charge is 0.321 e. The van der Waals surface area contributed by atoms with Gasteiger partial charge in [0, 0.05) is 18.5 Å². The number of nitrogens with one attached hydrogen (secondary N) is 2. The molecule has 1 rings (SSSR count). The highest BCUT2D eigenvalue weighted by atomic mass is 16.2. The van der Waals surface area contributed by atoms with Crippen molar-refractivity contribution in [2.45, 2.75) is 46.2 Å². The van der Waals surface area contributed by atoms with E-state index in [1.165, 1.54) is 18.2 Å². The summed E-state index contributed by atoms with van der Waals surface area (Å²) in [6, 6.07) is 7.89. The van der Waals surface area contributed by atoms with E-state index < -0.39 is 6.03 Å². The Balaban J connectivity index is 2.78. The summed E-state index contributed by atoms with van der Waals surface area (Å²) in [4.78, 5) is 23.2. The van der Waals surface area contributed by atoms with Crippen LogP contribution in [0.1, 0.15) is 44.9 Å². The fourth-order valence-corrected chi connectivity index (χ4v) is 2.38. The van der Waals surface area contributed by atoms with Crippen molar-refractivity contribution in [2.75, 3.05) is 7.05 Å². The molecular weight excluding hydrogens is 278 g/mol. The molecule has 0 saturated carbocycles. The second kappa shape index (κ2) is 8.54. The maximum absolute atomic E-state index is 12.0. The van der Waals surface area contributed by atoms with Gasteiger partial charge in [-0.15, -0.1) is 0 Å². The van der Waals surface area contributed by atoms with Crippen LogP contribution >= 0.6 is 0 Å². The number of rotatable bonds is 6. The highest BCUT2D eigenvalue weighted by molar-refractivity contribution is 5.95. The van der Waals surface area contributed by atoms with Crippen LogP contribution in [0.15, 0.2) is 24.3 Å². The predicted molar refractivity (Wildman–Crippen MR) is 87.4 cm³/mol. The molecular formula is C17H28N3O2+. The van der Waals surface area contributed by atoms with E-state index in [4.69, 9.17) is 0 Å². The molecule has 0 unspecified atom stereocenters. The SMILES string of the molecule is CCc1ccc([C@H]([NH2+][C@@H](C)C(=O)NC(=O)NC)C(C)C)cc1. The molecule has 0 spiro atoms. The minimum atomic E-state index is -0.473. The number of hydrogen-bond donors (Lipinski definition) is 3. The average Bonchev–Trinajstić information content (AvgIpc) is 2.51. The Morgan fingerprint density at radius 2 is 1.73 bits per heavy atom. The Labute approximate surface area is 132 Å². The molecule has 5 heteroatoms. The maximum Gasteiger partial charge on any atom is 0.321 e. The Morgan fingerprint density at radius 3 is 2.18 bits per heavy atom. The second-order valence-electron chi connectivity index (χ2n) is 5.91. The molecule has 0 bridgehead atoms. The number of imide groups is 1. The van der Waals surface area contributed by atoms with E-state index in [1.807, 2.05) is 12.2 Å². The zero-order valence-electron chi connectivity index (χ0n) is 14.1. The summed E-state index contributed by atoms with van der Waals surface area (Å²) in [5.41, 5.74) is 2.50. The topological polar surface area (TPSA) is 74.8 Å². The number of urea groups is 1. The third-order valence-corrected chi connectivity index (χ3v) is 3.86. The van der Waals surface area contributed by atoms with Crippen molar-refractivity contribution in [3.05, 3.63) is 35.4 Å². The molecule has 0 aliphatic heterocycles. The number of amides is 3. The van der Waals surface area contributed by atoms with Gasteiger partial charge in [-0.2, -0.15) is 0 Å². The van der Waals surface area contributed by atoms with Crippen LogP contribution < -0.4 is 16.0 Å². The van der Waals surface area contributed by atoms with Gasteiger partial charge in [-0.1, -0.05) is 45.0 Å². The van der Waals surface area contributed by atoms with Crippen LogP contribution in [-0.2, 0) is 11.2 Å². The van der Waals surface area contributed by atoms with Crippen molar-refractivity contribution >= 4 is 11.9 Å². The van der Waals surface area contributed by atoms with Gasteiger partial charge in [0.25, 0.3) is 5.91 Å². The molecule has 5 nitrogen and oxygen atoms in total. The lowest BCUT2D eigenvalue weighted by Gasteiger charge is -2.23. The molecule has 1 aromatic rings. The molecule has 0 heterocycles. The van der Waals surface area contributed by atoms with Gasteiger partial charge < -0.3 is 10.6 Å². The van der Waals surface area contributed by atoms with E-state index >= 15 is 0 Å². The molecule has 0 aliphatic rings. The first-order chi connectivity index (χ1) is 10.4. The Morgan fingerprint density at radius 1 is 1.14 bits per heavy atom. The summed E-state index contributed by atoms with van der Waals surface area (Å²) in [6.45, 7) is 8.22. The maximum atomic E-state index is 12.0. The average molecular weight is 306 g/mol. The molecule has 0 saturated heterocycles. The van der Waals surface area contributed by atoms with Gasteiger partial charge in [-0.05, 0) is 18.9 Å². The normalized spacial score (nSPS) is 13.5. The van der Waals surface area contributed by atoms with Crippen LogP contribution in [0, 0.1) is 5.92 Å². The second-order valence-corrected chi connectivity index (χ2v) is 5.91. The van der Waals surface area contributed by atoms with Crippen LogP contribution in [0.4, 0.5) is 4.79 Å². The molecule has 1 aromatic carbocycles. The van der Waals surface area contributed by atoms with Crippen LogP contribution in [0.2, 0.25) is 0 Å². The van der Waals surface area contributed by atoms with Crippen molar-refractivity contribution in [2.24, 2.45) is 5.92 Å². The van der Waals surface area contributed by atoms with Gasteiger partial charge in [-0.25, -0.2) is 4.79 Å². The first-order valence-corrected chi connectivity index (χ1v) is 7.85. The lowest BCUT2D eigenvalue weighted by molar-refractivity contribution is -0.719. The standard InChI is InChI=1S/C17H27N3O2/c1-6-13-7-9-14(10-8-13)15(11(2)3)19-12(4)16(21)20-17(22)18-5/h7-12,15,19H,6H2,1-5H3,(H2,18,20,21,22)/p+1/t12-,15+/m0/s1. The van der Waals surface area contributed by atoms with Crippen LogP contribution in [0.3, 0.4) is 0 Å². The molecule has 22 heavy (non-hydrogen) atoms. The fourth-order valence-electron chi connectivity index (χ4n) is 2.38. The summed E-state index contributed by atoms with van der Waals surface area (Å²) in [7, 11) is 1.49. The summed E-state index contributed by atoms with van der Waals surface area (Å²) in [5.74, 6) is 0.0953. The van der Waals surface area contributed by atoms with Crippen LogP contribution in [-0.4, -0.2) is 25.0 Å². The molecule has 0 aliphatic carbocycles. The predicted octanol–water partition coefficient (Wildman–Crippen LogP) is 1.35. The molecule has 2 atom stereocenters. The quantitative estimate of drug-likeness (QED) is 0.742.